The summed E-state index contributed by atoms with van der Waals surface area (Å²) in [5.41, 5.74) is 5.29. The van der Waals surface area contributed by atoms with Crippen molar-refractivity contribution in [2.24, 2.45) is 17.3 Å². The third-order valence-corrected chi connectivity index (χ3v) is 14.1. The molecular weight excluding hydrogens is 777 g/mol. The van der Waals surface area contributed by atoms with E-state index < -0.39 is 23.8 Å². The van der Waals surface area contributed by atoms with Crippen molar-refractivity contribution in [3.63, 3.8) is 0 Å². The highest BCUT2D eigenvalue weighted by atomic mass is 16.5. The van der Waals surface area contributed by atoms with Gasteiger partial charge in [0.1, 0.15) is 28.7 Å². The number of anilines is 2. The molecule has 4 aliphatic heterocycles. The SMILES string of the molecule is O=C1CCC(N2C(=O)c3ccc(N4CCC5(CC4)CC(CN4CCC(c6cn7cc(NC(=O)c8cnn9cccnc89)c(OCC8CC8)cc7n6)CC4)C5)cc3C2=O)C(=O)N1. The molecule has 16 heteroatoms. The van der Waals surface area contributed by atoms with E-state index in [2.05, 4.69) is 36.7 Å². The summed E-state index contributed by atoms with van der Waals surface area (Å²) in [6, 6.07) is 8.18. The van der Waals surface area contributed by atoms with Gasteiger partial charge in [-0.05, 0) is 112 Å². The predicted octanol–water partition coefficient (Wildman–Crippen LogP) is 4.70. The summed E-state index contributed by atoms with van der Waals surface area (Å²) < 4.78 is 9.84. The number of nitrogens with zero attached hydrogens (tertiary/aromatic N) is 8. The van der Waals surface area contributed by atoms with E-state index in [1.165, 1.54) is 19.0 Å². The van der Waals surface area contributed by atoms with E-state index in [4.69, 9.17) is 9.72 Å². The van der Waals surface area contributed by atoms with Crippen molar-refractivity contribution >= 4 is 52.2 Å². The second-order valence-corrected chi connectivity index (χ2v) is 18.2. The normalized spacial score (nSPS) is 22.3. The molecule has 1 atom stereocenters. The maximum atomic E-state index is 13.5. The number of nitrogens with one attached hydrogen (secondary N) is 2. The van der Waals surface area contributed by atoms with Crippen molar-refractivity contribution in [3.05, 3.63) is 83.7 Å². The number of piperidine rings is 3. The minimum Gasteiger partial charge on any atom is -0.491 e. The first-order valence-electron chi connectivity index (χ1n) is 21.8. The Kier molecular flexibility index (Phi) is 9.16. The molecule has 4 aromatic heterocycles. The third-order valence-electron chi connectivity index (χ3n) is 14.1. The lowest BCUT2D eigenvalue weighted by molar-refractivity contribution is -0.136. The van der Waals surface area contributed by atoms with Crippen LogP contribution in [-0.2, 0) is 9.59 Å². The predicted molar refractivity (Wildman–Crippen MR) is 222 cm³/mol. The largest absolute Gasteiger partial charge is 0.491 e. The average molecular weight is 825 g/mol. The molecule has 3 saturated heterocycles. The van der Waals surface area contributed by atoms with E-state index in [1.54, 1.807) is 35.1 Å². The van der Waals surface area contributed by atoms with Crippen LogP contribution in [0.1, 0.15) is 107 Å². The zero-order valence-corrected chi connectivity index (χ0v) is 33.9. The molecule has 5 aromatic rings. The van der Waals surface area contributed by atoms with Crippen LogP contribution in [-0.4, -0.2) is 109 Å². The number of fused-ring (bicyclic) bond motifs is 3. The van der Waals surface area contributed by atoms with E-state index in [9.17, 15) is 24.0 Å². The Labute approximate surface area is 351 Å². The quantitative estimate of drug-likeness (QED) is 0.187. The molecule has 5 fully saturated rings. The van der Waals surface area contributed by atoms with Crippen molar-refractivity contribution < 1.29 is 28.7 Å². The molecule has 0 bridgehead atoms. The minimum atomic E-state index is -0.962. The Morgan fingerprint density at radius 1 is 0.918 bits per heavy atom. The van der Waals surface area contributed by atoms with E-state index in [-0.39, 0.29) is 24.7 Å². The second-order valence-electron chi connectivity index (χ2n) is 18.2. The number of pyridine rings is 1. The highest BCUT2D eigenvalue weighted by molar-refractivity contribution is 6.23. The van der Waals surface area contributed by atoms with Gasteiger partial charge in [-0.2, -0.15) is 5.10 Å². The van der Waals surface area contributed by atoms with Crippen molar-refractivity contribution in [2.75, 3.05) is 49.5 Å². The van der Waals surface area contributed by atoms with Crippen LogP contribution in [0.5, 0.6) is 5.75 Å². The number of hydrogen-bond donors (Lipinski definition) is 2. The molecule has 1 unspecified atom stereocenters. The zero-order valence-electron chi connectivity index (χ0n) is 33.9. The fourth-order valence-corrected chi connectivity index (χ4v) is 10.5. The molecule has 8 heterocycles. The fraction of sp³-hybridized carbons (Fsp3) is 0.467. The standard InChI is InChI=1S/C45H48N10O6/c56-39-7-6-36(42(58)50-39)55-43(59)31-5-4-30(18-32(31)44(55)60)52-16-10-45(11-17-52)20-28(21-45)23-51-14-8-29(9-15-51)34-24-53-25-35(37(19-38(53)48-34)61-26-27-2-3-27)49-41(57)33-22-47-54-13-1-12-46-40(33)54/h1,4-5,12-13,18-19,22,24-25,27-29,36H,2-3,6-11,14-17,20-21,23,26H2,(H,49,57)(H,50,56,58). The number of benzene rings is 1. The number of imide groups is 2. The molecule has 2 aliphatic carbocycles. The van der Waals surface area contributed by atoms with E-state index in [0.717, 1.165) is 93.2 Å². The number of carbonyl (C=O) groups is 5. The Hall–Kier alpha value is -6.16. The van der Waals surface area contributed by atoms with Gasteiger partial charge >= 0.3 is 0 Å². The van der Waals surface area contributed by atoms with Gasteiger partial charge in [0.05, 0.1) is 29.6 Å². The molecule has 16 nitrogen and oxygen atoms in total. The van der Waals surface area contributed by atoms with Gasteiger partial charge < -0.3 is 24.3 Å². The molecule has 2 N–H and O–H groups in total. The summed E-state index contributed by atoms with van der Waals surface area (Å²) in [4.78, 5) is 79.6. The summed E-state index contributed by atoms with van der Waals surface area (Å²) in [6.07, 6.45) is 18.3. The molecule has 1 spiro atoms. The summed E-state index contributed by atoms with van der Waals surface area (Å²) in [5, 5.41) is 9.60. The molecular formula is C45H48N10O6. The number of hydrogen-bond acceptors (Lipinski definition) is 11. The lowest BCUT2D eigenvalue weighted by atomic mass is 9.57. The molecule has 2 saturated carbocycles. The molecule has 6 aliphatic rings. The number of rotatable bonds is 10. The van der Waals surface area contributed by atoms with Gasteiger partial charge in [0, 0.05) is 68.5 Å². The molecule has 0 radical (unpaired) electrons. The van der Waals surface area contributed by atoms with Gasteiger partial charge in [-0.25, -0.2) is 14.5 Å². The Balaban J connectivity index is 0.678. The van der Waals surface area contributed by atoms with E-state index in [1.807, 2.05) is 22.7 Å². The highest BCUT2D eigenvalue weighted by Crippen LogP contribution is 2.53. The number of imidazole rings is 1. The van der Waals surface area contributed by atoms with E-state index in [0.29, 0.717) is 63.6 Å². The first-order chi connectivity index (χ1) is 29.7. The summed E-state index contributed by atoms with van der Waals surface area (Å²) in [5.74, 6) is 0.0122. The number of carbonyl (C=O) groups excluding carboxylic acids is 5. The van der Waals surface area contributed by atoms with Crippen LogP contribution in [0.2, 0.25) is 0 Å². The number of amides is 5. The average Bonchev–Trinajstić information content (AvgIpc) is 3.75. The van der Waals surface area contributed by atoms with Crippen molar-refractivity contribution in [1.29, 1.82) is 0 Å². The fourth-order valence-electron chi connectivity index (χ4n) is 10.5. The Bertz CT molecular complexity index is 2610. The van der Waals surface area contributed by atoms with Crippen LogP contribution in [0.3, 0.4) is 0 Å². The van der Waals surface area contributed by atoms with Gasteiger partial charge in [-0.3, -0.25) is 34.2 Å². The van der Waals surface area contributed by atoms with E-state index >= 15 is 0 Å². The highest BCUT2D eigenvalue weighted by Gasteiger charge is 2.47. The molecule has 314 valence electrons. The van der Waals surface area contributed by atoms with Crippen LogP contribution in [0.4, 0.5) is 11.4 Å². The Morgan fingerprint density at radius 3 is 2.51 bits per heavy atom. The molecule has 1 aromatic carbocycles. The molecule has 11 rings (SSSR count). The lowest BCUT2D eigenvalue weighted by Gasteiger charge is -2.54. The van der Waals surface area contributed by atoms with Crippen molar-refractivity contribution in [2.45, 2.75) is 76.2 Å². The lowest BCUT2D eigenvalue weighted by Crippen LogP contribution is -2.54. The summed E-state index contributed by atoms with van der Waals surface area (Å²) in [7, 11) is 0. The minimum absolute atomic E-state index is 0.101. The van der Waals surface area contributed by atoms with Crippen LogP contribution >= 0.6 is 0 Å². The summed E-state index contributed by atoms with van der Waals surface area (Å²) >= 11 is 0. The van der Waals surface area contributed by atoms with Crippen molar-refractivity contribution in [1.82, 2.24) is 39.1 Å². The number of aromatic nitrogens is 5. The second kappa shape index (κ2) is 14.8. The number of ether oxygens (including phenoxy) is 1. The third kappa shape index (κ3) is 6.99. The van der Waals surface area contributed by atoms with Crippen LogP contribution in [0.25, 0.3) is 11.3 Å². The van der Waals surface area contributed by atoms with Gasteiger partial charge in [-0.15, -0.1) is 0 Å². The van der Waals surface area contributed by atoms with Gasteiger partial charge in [0.2, 0.25) is 11.8 Å². The summed E-state index contributed by atoms with van der Waals surface area (Å²) in [6.45, 7) is 5.62. The maximum Gasteiger partial charge on any atom is 0.262 e. The zero-order chi connectivity index (χ0) is 41.4. The van der Waals surface area contributed by atoms with Crippen LogP contribution in [0, 0.1) is 17.3 Å². The topological polar surface area (TPSA) is 176 Å². The van der Waals surface area contributed by atoms with Crippen LogP contribution in [0.15, 0.2) is 61.3 Å². The molecule has 61 heavy (non-hydrogen) atoms. The van der Waals surface area contributed by atoms with Crippen molar-refractivity contribution in [3.8, 4) is 5.75 Å². The van der Waals surface area contributed by atoms with Crippen LogP contribution < -0.4 is 20.3 Å². The first kappa shape index (κ1) is 37.8. The molecule has 5 amide bonds. The first-order valence-corrected chi connectivity index (χ1v) is 21.8. The Morgan fingerprint density at radius 2 is 1.72 bits per heavy atom. The van der Waals surface area contributed by atoms with Gasteiger partial charge in [0.15, 0.2) is 5.65 Å². The van der Waals surface area contributed by atoms with Gasteiger partial charge in [0.25, 0.3) is 17.7 Å². The number of likely N-dealkylation sites (tertiary alicyclic amines) is 1. The smallest absolute Gasteiger partial charge is 0.262 e. The van der Waals surface area contributed by atoms with Gasteiger partial charge in [-0.1, -0.05) is 0 Å². The monoisotopic (exact) mass is 824 g/mol. The maximum absolute atomic E-state index is 13.5.